The van der Waals surface area contributed by atoms with Crippen molar-refractivity contribution >= 4 is 0 Å². The molecule has 0 saturated heterocycles. The average molecular weight is 163 g/mol. The van der Waals surface area contributed by atoms with Gasteiger partial charge in [-0.25, -0.2) is 0 Å². The first-order chi connectivity index (χ1) is 5.57. The smallest absolute Gasteiger partial charge is 0.121 e. The molecule has 0 bridgehead atoms. The normalized spacial score (nSPS) is 12.6. The molecule has 3 N–H and O–H groups in total. The summed E-state index contributed by atoms with van der Waals surface area (Å²) in [6.45, 7) is 5.81. The predicted octanol–water partition coefficient (Wildman–Crippen LogP) is 1.52. The van der Waals surface area contributed by atoms with Gasteiger partial charge in [-0.3, -0.25) is 0 Å². The lowest BCUT2D eigenvalue weighted by Crippen LogP contribution is -2.06. The summed E-state index contributed by atoms with van der Waals surface area (Å²) in [5, 5.41) is 8.72. The Morgan fingerprint density at radius 2 is 2.00 bits per heavy atom. The van der Waals surface area contributed by atoms with Crippen molar-refractivity contribution < 1.29 is 0 Å². The van der Waals surface area contributed by atoms with Gasteiger partial charge in [-0.05, 0) is 31.9 Å². The number of aromatic amines is 1. The fraction of sp³-hybridized carbons (Fsp3) is 0.444. The maximum absolute atomic E-state index is 8.72. The number of nitrogens with one attached hydrogen (secondary N) is 1. The van der Waals surface area contributed by atoms with Gasteiger partial charge in [0.25, 0.3) is 0 Å². The van der Waals surface area contributed by atoms with E-state index in [4.69, 9.17) is 11.0 Å². The maximum Gasteiger partial charge on any atom is 0.121 e. The van der Waals surface area contributed by atoms with Crippen LogP contribution in [0, 0.1) is 25.2 Å². The van der Waals surface area contributed by atoms with Crippen LogP contribution < -0.4 is 5.73 Å². The molecule has 1 aromatic heterocycles. The van der Waals surface area contributed by atoms with Gasteiger partial charge >= 0.3 is 0 Å². The van der Waals surface area contributed by atoms with Crippen molar-refractivity contribution in [1.29, 1.82) is 5.26 Å². The van der Waals surface area contributed by atoms with Gasteiger partial charge in [0.2, 0.25) is 0 Å². The Morgan fingerprint density at radius 3 is 2.25 bits per heavy atom. The van der Waals surface area contributed by atoms with Crippen LogP contribution in [0.15, 0.2) is 0 Å². The summed E-state index contributed by atoms with van der Waals surface area (Å²) in [6.07, 6.45) is 0. The Balaban J connectivity index is 3.27. The number of rotatable bonds is 1. The second-order valence-electron chi connectivity index (χ2n) is 3.06. The van der Waals surface area contributed by atoms with Crippen molar-refractivity contribution in [1.82, 2.24) is 4.98 Å². The van der Waals surface area contributed by atoms with Gasteiger partial charge in [-0.15, -0.1) is 0 Å². The lowest BCUT2D eigenvalue weighted by Gasteiger charge is -2.02. The Hall–Kier alpha value is -1.27. The Bertz CT molecular complexity index is 328. The zero-order valence-electron chi connectivity index (χ0n) is 7.60. The van der Waals surface area contributed by atoms with Gasteiger partial charge in [-0.1, -0.05) is 0 Å². The van der Waals surface area contributed by atoms with E-state index < -0.39 is 0 Å². The van der Waals surface area contributed by atoms with E-state index in [0.717, 1.165) is 16.8 Å². The second-order valence-corrected chi connectivity index (χ2v) is 3.06. The highest BCUT2D eigenvalue weighted by Crippen LogP contribution is 2.20. The van der Waals surface area contributed by atoms with Crippen molar-refractivity contribution in [2.75, 3.05) is 0 Å². The highest BCUT2D eigenvalue weighted by Gasteiger charge is 2.12. The number of H-pyrrole nitrogens is 1. The van der Waals surface area contributed by atoms with E-state index in [1.807, 2.05) is 20.8 Å². The molecule has 3 heteroatoms. The molecular weight excluding hydrogens is 150 g/mol. The molecule has 0 spiro atoms. The highest BCUT2D eigenvalue weighted by molar-refractivity contribution is 5.42. The van der Waals surface area contributed by atoms with Crippen LogP contribution in [0.25, 0.3) is 0 Å². The van der Waals surface area contributed by atoms with Crippen LogP contribution in [-0.4, -0.2) is 4.98 Å². The number of nitrogens with two attached hydrogens (primary N) is 1. The molecule has 12 heavy (non-hydrogen) atoms. The fourth-order valence-corrected chi connectivity index (χ4v) is 1.28. The SMILES string of the molecule is Cc1c(C#N)[nH]c([C@@H](C)N)c1C. The van der Waals surface area contributed by atoms with Crippen LogP contribution in [0.3, 0.4) is 0 Å². The molecule has 0 unspecified atom stereocenters. The number of aromatic nitrogens is 1. The van der Waals surface area contributed by atoms with Gasteiger partial charge in [0, 0.05) is 11.7 Å². The molecule has 0 radical (unpaired) electrons. The molecule has 1 aromatic rings. The van der Waals surface area contributed by atoms with Crippen molar-refractivity contribution in [2.45, 2.75) is 26.8 Å². The highest BCUT2D eigenvalue weighted by atomic mass is 14.8. The molecule has 0 saturated carbocycles. The predicted molar refractivity (Wildman–Crippen MR) is 47.6 cm³/mol. The minimum absolute atomic E-state index is 0.0363. The van der Waals surface area contributed by atoms with Crippen LogP contribution in [0.1, 0.15) is 35.5 Å². The molecule has 1 atom stereocenters. The van der Waals surface area contributed by atoms with Crippen molar-refractivity contribution in [3.63, 3.8) is 0 Å². The first kappa shape index (κ1) is 8.82. The molecule has 0 fully saturated rings. The molecular formula is C9H13N3. The van der Waals surface area contributed by atoms with Gasteiger partial charge in [0.15, 0.2) is 0 Å². The zero-order valence-corrected chi connectivity index (χ0v) is 7.60. The minimum Gasteiger partial charge on any atom is -0.348 e. The largest absolute Gasteiger partial charge is 0.348 e. The Kier molecular flexibility index (Phi) is 2.20. The lowest BCUT2D eigenvalue weighted by molar-refractivity contribution is 0.780. The fourth-order valence-electron chi connectivity index (χ4n) is 1.28. The summed E-state index contributed by atoms with van der Waals surface area (Å²) >= 11 is 0. The van der Waals surface area contributed by atoms with Crippen molar-refractivity contribution in [2.24, 2.45) is 5.73 Å². The molecule has 3 nitrogen and oxygen atoms in total. The number of nitrogens with zero attached hydrogens (tertiary/aromatic N) is 1. The monoisotopic (exact) mass is 163 g/mol. The maximum atomic E-state index is 8.72. The van der Waals surface area contributed by atoms with E-state index in [9.17, 15) is 0 Å². The van der Waals surface area contributed by atoms with E-state index in [2.05, 4.69) is 11.1 Å². The number of hydrogen-bond acceptors (Lipinski definition) is 2. The van der Waals surface area contributed by atoms with Crippen molar-refractivity contribution in [3.05, 3.63) is 22.5 Å². The van der Waals surface area contributed by atoms with Crippen LogP contribution in [0.5, 0.6) is 0 Å². The topological polar surface area (TPSA) is 65.6 Å². The number of nitriles is 1. The standard InChI is InChI=1S/C9H13N3/c1-5-6(2)9(7(3)11)12-8(5)4-10/h7,12H,11H2,1-3H3/t7-/m1/s1. The van der Waals surface area contributed by atoms with E-state index in [1.54, 1.807) is 0 Å². The summed E-state index contributed by atoms with van der Waals surface area (Å²) in [6, 6.07) is 2.06. The Labute approximate surface area is 72.2 Å². The first-order valence-corrected chi connectivity index (χ1v) is 3.92. The van der Waals surface area contributed by atoms with E-state index in [-0.39, 0.29) is 6.04 Å². The molecule has 0 amide bonds. The van der Waals surface area contributed by atoms with Crippen LogP contribution in [-0.2, 0) is 0 Å². The van der Waals surface area contributed by atoms with Gasteiger partial charge < -0.3 is 10.7 Å². The Morgan fingerprint density at radius 1 is 1.42 bits per heavy atom. The third kappa shape index (κ3) is 1.21. The summed E-state index contributed by atoms with van der Waals surface area (Å²) in [5.41, 5.74) is 9.40. The molecule has 0 aliphatic carbocycles. The molecule has 1 heterocycles. The third-order valence-corrected chi connectivity index (χ3v) is 2.17. The lowest BCUT2D eigenvalue weighted by atomic mass is 10.1. The van der Waals surface area contributed by atoms with Gasteiger partial charge in [0.05, 0.1) is 0 Å². The molecule has 0 aliphatic rings. The molecule has 1 rings (SSSR count). The molecule has 64 valence electrons. The second kappa shape index (κ2) is 3.00. The summed E-state index contributed by atoms with van der Waals surface area (Å²) in [5.74, 6) is 0. The third-order valence-electron chi connectivity index (χ3n) is 2.17. The molecule has 0 aliphatic heterocycles. The van der Waals surface area contributed by atoms with Crippen LogP contribution >= 0.6 is 0 Å². The minimum atomic E-state index is -0.0363. The van der Waals surface area contributed by atoms with Gasteiger partial charge in [0.1, 0.15) is 11.8 Å². The average Bonchev–Trinajstić information content (AvgIpc) is 2.30. The van der Waals surface area contributed by atoms with E-state index in [1.165, 1.54) is 0 Å². The van der Waals surface area contributed by atoms with E-state index in [0.29, 0.717) is 5.69 Å². The quantitative estimate of drug-likeness (QED) is 0.659. The van der Waals surface area contributed by atoms with Gasteiger partial charge in [-0.2, -0.15) is 5.26 Å². The van der Waals surface area contributed by atoms with E-state index >= 15 is 0 Å². The summed E-state index contributed by atoms with van der Waals surface area (Å²) in [7, 11) is 0. The molecule has 0 aromatic carbocycles. The summed E-state index contributed by atoms with van der Waals surface area (Å²) in [4.78, 5) is 3.01. The number of hydrogen-bond donors (Lipinski definition) is 2. The van der Waals surface area contributed by atoms with Crippen LogP contribution in [0.4, 0.5) is 0 Å². The van der Waals surface area contributed by atoms with Crippen LogP contribution in [0.2, 0.25) is 0 Å². The summed E-state index contributed by atoms with van der Waals surface area (Å²) < 4.78 is 0. The van der Waals surface area contributed by atoms with Crippen molar-refractivity contribution in [3.8, 4) is 6.07 Å². The first-order valence-electron chi connectivity index (χ1n) is 3.92. The zero-order chi connectivity index (χ0) is 9.30.